The molecule has 0 unspecified atom stereocenters. The summed E-state index contributed by atoms with van der Waals surface area (Å²) in [6.07, 6.45) is 2.47. The van der Waals surface area contributed by atoms with E-state index in [9.17, 15) is 4.79 Å². The molecule has 0 spiro atoms. The molecular weight excluding hydrogens is 571 g/mol. The highest BCUT2D eigenvalue weighted by atomic mass is 127. The molecule has 0 saturated carbocycles. The number of hydrogen-bond acceptors (Lipinski definition) is 7. The number of esters is 1. The summed E-state index contributed by atoms with van der Waals surface area (Å²) in [5.41, 5.74) is 2.01. The van der Waals surface area contributed by atoms with Gasteiger partial charge >= 0.3 is 5.97 Å². The maximum atomic E-state index is 12.7. The fourth-order valence-electron chi connectivity index (χ4n) is 3.85. The van der Waals surface area contributed by atoms with Gasteiger partial charge in [0, 0.05) is 25.0 Å². The fraction of sp³-hybridized carbons (Fsp3) is 0.536. The lowest BCUT2D eigenvalue weighted by Crippen LogP contribution is -2.25. The molecular formula is C28H37IN2O5. The van der Waals surface area contributed by atoms with Crippen molar-refractivity contribution in [1.29, 1.82) is 0 Å². The van der Waals surface area contributed by atoms with Crippen LogP contribution in [0.15, 0.2) is 45.4 Å². The molecule has 1 aromatic carbocycles. The normalized spacial score (nSPS) is 13.1. The summed E-state index contributed by atoms with van der Waals surface area (Å²) >= 11 is 2.22. The second-order valence-electron chi connectivity index (χ2n) is 11.3. The number of carbonyl (C=O) groups is 1. The van der Waals surface area contributed by atoms with Gasteiger partial charge in [0.25, 0.3) is 0 Å². The molecule has 0 amide bonds. The van der Waals surface area contributed by atoms with Gasteiger partial charge in [0.2, 0.25) is 5.76 Å². The van der Waals surface area contributed by atoms with E-state index < -0.39 is 5.60 Å². The molecule has 0 aliphatic carbocycles. The number of aromatic nitrogens is 2. The molecule has 0 radical (unpaired) electrons. The Morgan fingerprint density at radius 1 is 1.06 bits per heavy atom. The van der Waals surface area contributed by atoms with E-state index in [-0.39, 0.29) is 23.7 Å². The number of ether oxygens (including phenoxy) is 2. The molecule has 7 nitrogen and oxygen atoms in total. The van der Waals surface area contributed by atoms with Gasteiger partial charge in [-0.3, -0.25) is 4.79 Å². The van der Waals surface area contributed by atoms with Gasteiger partial charge in [-0.2, -0.15) is 0 Å². The van der Waals surface area contributed by atoms with Crippen molar-refractivity contribution in [2.45, 2.75) is 85.4 Å². The van der Waals surface area contributed by atoms with E-state index >= 15 is 0 Å². The lowest BCUT2D eigenvalue weighted by Gasteiger charge is -2.21. The summed E-state index contributed by atoms with van der Waals surface area (Å²) in [6.45, 7) is 13.2. The van der Waals surface area contributed by atoms with E-state index in [2.05, 4.69) is 53.7 Å². The Morgan fingerprint density at radius 2 is 1.78 bits per heavy atom. The molecule has 2 heterocycles. The summed E-state index contributed by atoms with van der Waals surface area (Å²) in [6, 6.07) is 12.0. The van der Waals surface area contributed by atoms with Crippen LogP contribution in [0.4, 0.5) is 0 Å². The Balaban J connectivity index is 1.70. The van der Waals surface area contributed by atoms with Crippen LogP contribution in [0.2, 0.25) is 0 Å². The first-order valence-corrected chi connectivity index (χ1v) is 13.4. The highest BCUT2D eigenvalue weighted by molar-refractivity contribution is 14.1. The SMILES string of the molecule is CC(C)(C)Cc1cc(-c2onc([C@@H](CCCOCc3ccccc3)CC(=O)OC(C)(C)C)c2I)no1. The first kappa shape index (κ1) is 28.4. The third-order valence-electron chi connectivity index (χ3n) is 5.33. The Kier molecular flexibility index (Phi) is 9.74. The molecule has 0 aliphatic rings. The number of nitrogens with zero attached hydrogens (tertiary/aromatic N) is 2. The molecule has 36 heavy (non-hydrogen) atoms. The summed E-state index contributed by atoms with van der Waals surface area (Å²) in [4.78, 5) is 12.7. The average Bonchev–Trinajstić information content (AvgIpc) is 3.37. The summed E-state index contributed by atoms with van der Waals surface area (Å²) in [5, 5.41) is 8.56. The minimum atomic E-state index is -0.549. The van der Waals surface area contributed by atoms with E-state index in [1.54, 1.807) is 0 Å². The largest absolute Gasteiger partial charge is 0.460 e. The second kappa shape index (κ2) is 12.4. The molecule has 3 aromatic rings. The zero-order chi connectivity index (χ0) is 26.3. The zero-order valence-corrected chi connectivity index (χ0v) is 24.3. The molecule has 1 atom stereocenters. The summed E-state index contributed by atoms with van der Waals surface area (Å²) in [7, 11) is 0. The smallest absolute Gasteiger partial charge is 0.306 e. The zero-order valence-electron chi connectivity index (χ0n) is 22.1. The lowest BCUT2D eigenvalue weighted by atomic mass is 9.91. The number of carbonyl (C=O) groups excluding carboxylic acids is 1. The lowest BCUT2D eigenvalue weighted by molar-refractivity contribution is -0.155. The van der Waals surface area contributed by atoms with Crippen LogP contribution in [-0.4, -0.2) is 28.5 Å². The summed E-state index contributed by atoms with van der Waals surface area (Å²) in [5.74, 6) is 0.939. The van der Waals surface area contributed by atoms with Crippen LogP contribution in [0.1, 0.15) is 83.7 Å². The van der Waals surface area contributed by atoms with Crippen LogP contribution in [0.25, 0.3) is 11.5 Å². The van der Waals surface area contributed by atoms with E-state index in [0.29, 0.717) is 31.1 Å². The molecule has 3 rings (SSSR count). The molecule has 0 aliphatic heterocycles. The van der Waals surface area contributed by atoms with Gasteiger partial charge in [0.1, 0.15) is 17.1 Å². The quantitative estimate of drug-likeness (QED) is 0.128. The van der Waals surface area contributed by atoms with Crippen molar-refractivity contribution >= 4 is 28.6 Å². The van der Waals surface area contributed by atoms with Crippen LogP contribution in [-0.2, 0) is 27.3 Å². The van der Waals surface area contributed by atoms with Crippen LogP contribution in [0.5, 0.6) is 0 Å². The molecule has 0 N–H and O–H groups in total. The van der Waals surface area contributed by atoms with Gasteiger partial charge in [-0.15, -0.1) is 0 Å². The van der Waals surface area contributed by atoms with Crippen LogP contribution < -0.4 is 0 Å². The molecule has 0 fully saturated rings. The first-order valence-electron chi connectivity index (χ1n) is 12.4. The minimum Gasteiger partial charge on any atom is -0.460 e. The van der Waals surface area contributed by atoms with Crippen LogP contribution in [0, 0.1) is 8.99 Å². The second-order valence-corrected chi connectivity index (χ2v) is 12.4. The Morgan fingerprint density at radius 3 is 2.44 bits per heavy atom. The minimum absolute atomic E-state index is 0.0810. The van der Waals surface area contributed by atoms with E-state index in [1.165, 1.54) is 0 Å². The van der Waals surface area contributed by atoms with Crippen molar-refractivity contribution in [2.75, 3.05) is 6.61 Å². The fourth-order valence-corrected chi connectivity index (χ4v) is 4.76. The number of halogens is 1. The third-order valence-corrected chi connectivity index (χ3v) is 6.37. The van der Waals surface area contributed by atoms with Gasteiger partial charge < -0.3 is 18.5 Å². The molecule has 0 bridgehead atoms. The number of benzene rings is 1. The number of rotatable bonds is 11. The Labute approximate surface area is 227 Å². The van der Waals surface area contributed by atoms with Crippen LogP contribution in [0.3, 0.4) is 0 Å². The van der Waals surface area contributed by atoms with Crippen molar-refractivity contribution in [3.8, 4) is 11.5 Å². The molecule has 2 aromatic heterocycles. The van der Waals surface area contributed by atoms with Crippen LogP contribution >= 0.6 is 22.6 Å². The maximum absolute atomic E-state index is 12.7. The van der Waals surface area contributed by atoms with Crippen molar-refractivity contribution < 1.29 is 23.3 Å². The van der Waals surface area contributed by atoms with Gasteiger partial charge in [-0.05, 0) is 67.2 Å². The average molecular weight is 609 g/mol. The van der Waals surface area contributed by atoms with E-state index in [1.807, 2.05) is 57.2 Å². The third kappa shape index (κ3) is 9.03. The van der Waals surface area contributed by atoms with Crippen molar-refractivity contribution in [2.24, 2.45) is 5.41 Å². The Hall–Kier alpha value is -2.20. The van der Waals surface area contributed by atoms with Crippen molar-refractivity contribution in [1.82, 2.24) is 10.3 Å². The standard InChI is InChI=1S/C28H37IN2O5/c1-27(2,3)17-21-16-22(30-35-21)26-24(29)25(31-36-26)20(15-23(32)34-28(4,5)6)13-10-14-33-18-19-11-8-7-9-12-19/h7-9,11-12,16,20H,10,13-15,17-18H2,1-6H3/t20-/m0/s1. The first-order chi connectivity index (χ1) is 16.9. The van der Waals surface area contributed by atoms with Gasteiger partial charge in [-0.1, -0.05) is 61.4 Å². The monoisotopic (exact) mass is 608 g/mol. The molecule has 196 valence electrons. The highest BCUT2D eigenvalue weighted by Gasteiger charge is 2.29. The highest BCUT2D eigenvalue weighted by Crippen LogP contribution is 2.35. The molecule has 0 saturated heterocycles. The van der Waals surface area contributed by atoms with Gasteiger partial charge in [-0.25, -0.2) is 0 Å². The predicted octanol–water partition coefficient (Wildman–Crippen LogP) is 7.34. The molecule has 8 heteroatoms. The van der Waals surface area contributed by atoms with Crippen molar-refractivity contribution in [3.63, 3.8) is 0 Å². The number of hydrogen-bond donors (Lipinski definition) is 0. The van der Waals surface area contributed by atoms with E-state index in [0.717, 1.165) is 33.4 Å². The summed E-state index contributed by atoms with van der Waals surface area (Å²) < 4.78 is 23.5. The topological polar surface area (TPSA) is 87.6 Å². The maximum Gasteiger partial charge on any atom is 0.306 e. The van der Waals surface area contributed by atoms with Gasteiger partial charge in [0.05, 0.1) is 16.6 Å². The van der Waals surface area contributed by atoms with Gasteiger partial charge in [0.15, 0.2) is 5.69 Å². The predicted molar refractivity (Wildman–Crippen MR) is 146 cm³/mol. The Bertz CT molecular complexity index is 1110. The van der Waals surface area contributed by atoms with E-state index in [4.69, 9.17) is 18.5 Å². The van der Waals surface area contributed by atoms with Crippen molar-refractivity contribution in [3.05, 3.63) is 57.0 Å².